The van der Waals surface area contributed by atoms with Crippen molar-refractivity contribution in [1.29, 1.82) is 5.26 Å². The Labute approximate surface area is 161 Å². The fourth-order valence-electron chi connectivity index (χ4n) is 2.71. The minimum atomic E-state index is -0.187. The van der Waals surface area contributed by atoms with Gasteiger partial charge in [-0.2, -0.15) is 5.26 Å². The van der Waals surface area contributed by atoms with Gasteiger partial charge in [0.15, 0.2) is 0 Å². The summed E-state index contributed by atoms with van der Waals surface area (Å²) in [4.78, 5) is 16.1. The van der Waals surface area contributed by atoms with E-state index >= 15 is 0 Å². The number of rotatable bonds is 7. The molecular formula is C17H19ClN6OS. The van der Waals surface area contributed by atoms with Crippen molar-refractivity contribution in [3.05, 3.63) is 29.2 Å². The molecule has 2 aromatic rings. The minimum absolute atomic E-state index is 0.187. The molecule has 9 heteroatoms. The summed E-state index contributed by atoms with van der Waals surface area (Å²) in [6.45, 7) is 4.06. The lowest BCUT2D eigenvalue weighted by Crippen LogP contribution is -2.47. The number of hydrogen-bond acceptors (Lipinski definition) is 8. The zero-order valence-corrected chi connectivity index (χ0v) is 15.9. The molecule has 0 saturated carbocycles. The predicted molar refractivity (Wildman–Crippen MR) is 101 cm³/mol. The Morgan fingerprint density at radius 3 is 2.96 bits per heavy atom. The maximum Gasteiger partial charge on any atom is 0.150 e. The molecule has 7 nitrogen and oxygen atoms in total. The van der Waals surface area contributed by atoms with E-state index in [9.17, 15) is 5.11 Å². The summed E-state index contributed by atoms with van der Waals surface area (Å²) in [5, 5.41) is 22.6. The molecule has 0 unspecified atom stereocenters. The number of nitrogens with one attached hydrogen (secondary N) is 1. The summed E-state index contributed by atoms with van der Waals surface area (Å²) >= 11 is 7.93. The van der Waals surface area contributed by atoms with E-state index in [1.165, 1.54) is 11.8 Å². The molecule has 2 N–H and O–H groups in total. The molecule has 1 fully saturated rings. The number of nitrogens with zero attached hydrogens (tertiary/aromatic N) is 5. The van der Waals surface area contributed by atoms with Crippen LogP contribution in [0.4, 0.5) is 11.6 Å². The highest BCUT2D eigenvalue weighted by molar-refractivity contribution is 7.99. The molecule has 2 aromatic heterocycles. The van der Waals surface area contributed by atoms with Crippen LogP contribution in [0, 0.1) is 17.2 Å². The number of halogens is 1. The molecule has 1 aliphatic heterocycles. The predicted octanol–water partition coefficient (Wildman–Crippen LogP) is 2.95. The molecule has 136 valence electrons. The van der Waals surface area contributed by atoms with Crippen LogP contribution in [0.5, 0.6) is 0 Å². The van der Waals surface area contributed by atoms with Gasteiger partial charge in [0.2, 0.25) is 0 Å². The Morgan fingerprint density at radius 2 is 2.27 bits per heavy atom. The normalized spacial score (nSPS) is 14.0. The molecule has 0 spiro atoms. The molecular weight excluding hydrogens is 372 g/mol. The Kier molecular flexibility index (Phi) is 6.14. The summed E-state index contributed by atoms with van der Waals surface area (Å²) < 4.78 is 0. The van der Waals surface area contributed by atoms with Crippen LogP contribution in [0.3, 0.4) is 0 Å². The Hall–Kier alpha value is -2.08. The second kappa shape index (κ2) is 8.54. The fourth-order valence-corrected chi connectivity index (χ4v) is 3.86. The van der Waals surface area contributed by atoms with Gasteiger partial charge < -0.3 is 15.3 Å². The molecule has 0 atom stereocenters. The molecule has 0 radical (unpaired) electrons. The molecule has 26 heavy (non-hydrogen) atoms. The summed E-state index contributed by atoms with van der Waals surface area (Å²) in [6.07, 6.45) is 3.93. The lowest BCUT2D eigenvalue weighted by molar-refractivity contribution is 0.276. The van der Waals surface area contributed by atoms with E-state index < -0.39 is 0 Å². The van der Waals surface area contributed by atoms with Crippen molar-refractivity contribution in [2.45, 2.75) is 29.9 Å². The number of aliphatic hydroxyl groups excluding tert-OH is 1. The lowest BCUT2D eigenvalue weighted by Gasteiger charge is -2.39. The molecule has 0 amide bonds. The standard InChI is InChI=1S/C17H19ClN6OS/c1-2-20-16-12(10-25)23-14(7-22-16)26-13-4-6-21-17(15(13)18)24-8-11(9-24)3-5-19/h4,6-7,11,25H,2-3,8-10H2,1H3,(H,20,22). The molecule has 1 aliphatic rings. The van der Waals surface area contributed by atoms with Crippen LogP contribution in [0.1, 0.15) is 19.0 Å². The molecule has 3 rings (SSSR count). The van der Waals surface area contributed by atoms with Crippen LogP contribution in [0.15, 0.2) is 28.4 Å². The van der Waals surface area contributed by atoms with E-state index in [0.29, 0.717) is 40.4 Å². The van der Waals surface area contributed by atoms with Gasteiger partial charge in [0.1, 0.15) is 22.4 Å². The largest absolute Gasteiger partial charge is 0.390 e. The number of hydrogen-bond donors (Lipinski definition) is 2. The van der Waals surface area contributed by atoms with Gasteiger partial charge in [-0.15, -0.1) is 0 Å². The molecule has 0 aliphatic carbocycles. The molecule has 1 saturated heterocycles. The van der Waals surface area contributed by atoms with Crippen molar-refractivity contribution < 1.29 is 5.11 Å². The average Bonchev–Trinajstić information content (AvgIpc) is 2.61. The van der Waals surface area contributed by atoms with Gasteiger partial charge in [-0.3, -0.25) is 0 Å². The third kappa shape index (κ3) is 4.01. The SMILES string of the molecule is CCNc1ncc(Sc2ccnc(N3CC(CC#N)C3)c2Cl)nc1CO. The average molecular weight is 391 g/mol. The van der Waals surface area contributed by atoms with Crippen molar-refractivity contribution in [3.8, 4) is 6.07 Å². The topological polar surface area (TPSA) is 98.0 Å². The summed E-state index contributed by atoms with van der Waals surface area (Å²) in [5.74, 6) is 1.70. The summed E-state index contributed by atoms with van der Waals surface area (Å²) in [7, 11) is 0. The van der Waals surface area contributed by atoms with E-state index in [2.05, 4.69) is 31.2 Å². The first-order valence-electron chi connectivity index (χ1n) is 8.31. The zero-order chi connectivity index (χ0) is 18.5. The smallest absolute Gasteiger partial charge is 0.150 e. The first-order chi connectivity index (χ1) is 12.7. The quantitative estimate of drug-likeness (QED) is 0.744. The number of anilines is 2. The molecule has 3 heterocycles. The Morgan fingerprint density at radius 1 is 1.46 bits per heavy atom. The summed E-state index contributed by atoms with van der Waals surface area (Å²) in [6, 6.07) is 4.03. The maximum absolute atomic E-state index is 9.50. The second-order valence-corrected chi connectivity index (χ2v) is 7.31. The van der Waals surface area contributed by atoms with E-state index in [1.54, 1.807) is 12.4 Å². The minimum Gasteiger partial charge on any atom is -0.390 e. The van der Waals surface area contributed by atoms with Crippen LogP contribution >= 0.6 is 23.4 Å². The highest BCUT2D eigenvalue weighted by atomic mass is 35.5. The fraction of sp³-hybridized carbons (Fsp3) is 0.412. The van der Waals surface area contributed by atoms with Gasteiger partial charge in [0.25, 0.3) is 0 Å². The maximum atomic E-state index is 9.50. The van der Waals surface area contributed by atoms with Gasteiger partial charge >= 0.3 is 0 Å². The van der Waals surface area contributed by atoms with Crippen LogP contribution in [0.25, 0.3) is 0 Å². The van der Waals surface area contributed by atoms with E-state index in [1.807, 2.05) is 13.0 Å². The van der Waals surface area contributed by atoms with Gasteiger partial charge in [-0.05, 0) is 13.0 Å². The van der Waals surface area contributed by atoms with Crippen molar-refractivity contribution in [3.63, 3.8) is 0 Å². The highest BCUT2D eigenvalue weighted by Crippen LogP contribution is 2.39. The third-order valence-electron chi connectivity index (χ3n) is 4.00. The lowest BCUT2D eigenvalue weighted by atomic mass is 9.97. The Bertz CT molecular complexity index is 821. The Balaban J connectivity index is 1.77. The first-order valence-corrected chi connectivity index (χ1v) is 9.50. The van der Waals surface area contributed by atoms with Gasteiger partial charge in [0.05, 0.1) is 23.9 Å². The zero-order valence-electron chi connectivity index (χ0n) is 14.3. The van der Waals surface area contributed by atoms with Gasteiger partial charge in [-0.25, -0.2) is 15.0 Å². The first kappa shape index (κ1) is 18.7. The second-order valence-electron chi connectivity index (χ2n) is 5.87. The number of nitriles is 1. The van der Waals surface area contributed by atoms with E-state index in [0.717, 1.165) is 23.8 Å². The van der Waals surface area contributed by atoms with Gasteiger partial charge in [-0.1, -0.05) is 23.4 Å². The van der Waals surface area contributed by atoms with Crippen molar-refractivity contribution in [2.75, 3.05) is 29.9 Å². The van der Waals surface area contributed by atoms with Crippen LogP contribution in [0.2, 0.25) is 5.02 Å². The monoisotopic (exact) mass is 390 g/mol. The number of aliphatic hydroxyl groups is 1. The van der Waals surface area contributed by atoms with Crippen LogP contribution < -0.4 is 10.2 Å². The van der Waals surface area contributed by atoms with E-state index in [4.69, 9.17) is 16.9 Å². The highest BCUT2D eigenvalue weighted by Gasteiger charge is 2.29. The van der Waals surface area contributed by atoms with Crippen molar-refractivity contribution in [1.82, 2.24) is 15.0 Å². The molecule has 0 bridgehead atoms. The van der Waals surface area contributed by atoms with Crippen LogP contribution in [-0.2, 0) is 6.61 Å². The third-order valence-corrected chi connectivity index (χ3v) is 5.45. The number of aromatic nitrogens is 3. The number of pyridine rings is 1. The van der Waals surface area contributed by atoms with E-state index in [-0.39, 0.29) is 6.61 Å². The van der Waals surface area contributed by atoms with Crippen LogP contribution in [-0.4, -0.2) is 39.7 Å². The molecule has 0 aromatic carbocycles. The van der Waals surface area contributed by atoms with Crippen molar-refractivity contribution >= 4 is 35.0 Å². The van der Waals surface area contributed by atoms with Gasteiger partial charge in [0, 0.05) is 43.1 Å². The van der Waals surface area contributed by atoms with Crippen molar-refractivity contribution in [2.24, 2.45) is 5.92 Å². The summed E-state index contributed by atoms with van der Waals surface area (Å²) in [5.41, 5.74) is 0.504.